The molecule has 0 spiro atoms. The Morgan fingerprint density at radius 1 is 1.36 bits per heavy atom. The molecule has 2 aromatic rings. The van der Waals surface area contributed by atoms with Gasteiger partial charge in [-0.05, 0) is 36.8 Å². The zero-order valence-corrected chi connectivity index (χ0v) is 13.8. The summed E-state index contributed by atoms with van der Waals surface area (Å²) in [4.78, 5) is 11.9. The molecule has 1 atom stereocenters. The first-order valence-electron chi connectivity index (χ1n) is 7.59. The number of anilines is 1. The summed E-state index contributed by atoms with van der Waals surface area (Å²) < 4.78 is 2.01. The molecule has 1 aromatic heterocycles. The van der Waals surface area contributed by atoms with Crippen LogP contribution in [0.5, 0.6) is 0 Å². The Labute approximate surface area is 135 Å². The van der Waals surface area contributed by atoms with Crippen molar-refractivity contribution in [3.63, 3.8) is 0 Å². The van der Waals surface area contributed by atoms with Crippen LogP contribution in [0.25, 0.3) is 0 Å². The van der Waals surface area contributed by atoms with Crippen LogP contribution in [-0.2, 0) is 11.3 Å². The predicted octanol–water partition coefficient (Wildman–Crippen LogP) is 3.42. The molecule has 22 heavy (non-hydrogen) atoms. The van der Waals surface area contributed by atoms with Gasteiger partial charge in [-0.25, -0.2) is 0 Å². The first-order valence-corrected chi connectivity index (χ1v) is 8.98. The van der Waals surface area contributed by atoms with E-state index in [2.05, 4.69) is 35.7 Å². The summed E-state index contributed by atoms with van der Waals surface area (Å²) in [7, 11) is 0. The number of fused-ring (bicyclic) bond motifs is 1. The zero-order valence-electron chi connectivity index (χ0n) is 13.0. The molecule has 0 unspecified atom stereocenters. The molecule has 0 aliphatic carbocycles. The molecule has 0 fully saturated rings. The Hall–Kier alpha value is -1.75. The highest BCUT2D eigenvalue weighted by Crippen LogP contribution is 2.37. The summed E-state index contributed by atoms with van der Waals surface area (Å²) in [5, 5.41) is 7.57. The average molecular weight is 315 g/mol. The molecule has 5 heteroatoms. The van der Waals surface area contributed by atoms with Crippen molar-refractivity contribution < 1.29 is 4.79 Å². The fourth-order valence-electron chi connectivity index (χ4n) is 3.07. The summed E-state index contributed by atoms with van der Waals surface area (Å²) in [6.07, 6.45) is 3.71. The summed E-state index contributed by atoms with van der Waals surface area (Å²) in [6, 6.07) is 10.3. The minimum Gasteiger partial charge on any atom is -0.309 e. The number of nitrogens with one attached hydrogen (secondary N) is 1. The lowest BCUT2D eigenvalue weighted by Crippen LogP contribution is -2.23. The minimum absolute atomic E-state index is 0.0861. The Bertz CT molecular complexity index is 666. The summed E-state index contributed by atoms with van der Waals surface area (Å²) in [5.74, 6) is 2.21. The quantitative estimate of drug-likeness (QED) is 0.919. The third-order valence-corrected chi connectivity index (χ3v) is 4.84. The van der Waals surface area contributed by atoms with E-state index in [0.717, 1.165) is 24.5 Å². The second-order valence-electron chi connectivity index (χ2n) is 5.72. The molecule has 1 aliphatic rings. The predicted molar refractivity (Wildman–Crippen MR) is 91.5 cm³/mol. The van der Waals surface area contributed by atoms with Gasteiger partial charge in [0.15, 0.2) is 5.82 Å². The van der Waals surface area contributed by atoms with Crippen molar-refractivity contribution in [2.45, 2.75) is 32.2 Å². The van der Waals surface area contributed by atoms with Crippen LogP contribution in [0.3, 0.4) is 0 Å². The standard InChI is InChI=1S/C17H21N3OS/c1-12-16-14(8-9-22-2)10-15(21)18-17(16)19-20(12)11-13-6-4-3-5-7-13/h3-7,14H,8-11H2,1-2H3,(H,18,19,21)/t14-/m1/s1. The number of aromatic nitrogens is 2. The largest absolute Gasteiger partial charge is 0.309 e. The monoisotopic (exact) mass is 315 g/mol. The first-order chi connectivity index (χ1) is 10.7. The van der Waals surface area contributed by atoms with E-state index in [1.807, 2.05) is 34.6 Å². The van der Waals surface area contributed by atoms with E-state index in [9.17, 15) is 4.79 Å². The maximum absolute atomic E-state index is 11.9. The van der Waals surface area contributed by atoms with Crippen molar-refractivity contribution in [3.8, 4) is 0 Å². The lowest BCUT2D eigenvalue weighted by Gasteiger charge is -2.22. The number of amides is 1. The lowest BCUT2D eigenvalue weighted by atomic mass is 9.90. The average Bonchev–Trinajstić information content (AvgIpc) is 2.82. The van der Waals surface area contributed by atoms with E-state index in [4.69, 9.17) is 0 Å². The molecule has 1 aliphatic heterocycles. The highest BCUT2D eigenvalue weighted by molar-refractivity contribution is 7.98. The molecule has 0 radical (unpaired) electrons. The fraction of sp³-hybridized carbons (Fsp3) is 0.412. The van der Waals surface area contributed by atoms with Crippen LogP contribution >= 0.6 is 11.8 Å². The number of thioether (sulfide) groups is 1. The van der Waals surface area contributed by atoms with Gasteiger partial charge in [0.1, 0.15) is 0 Å². The Morgan fingerprint density at radius 3 is 2.86 bits per heavy atom. The number of carbonyl (C=O) groups is 1. The summed E-state index contributed by atoms with van der Waals surface area (Å²) in [6.45, 7) is 2.85. The topological polar surface area (TPSA) is 46.9 Å². The number of rotatable bonds is 5. The van der Waals surface area contributed by atoms with Crippen LogP contribution in [-0.4, -0.2) is 27.7 Å². The number of nitrogens with zero attached hydrogens (tertiary/aromatic N) is 2. The van der Waals surface area contributed by atoms with E-state index in [1.54, 1.807) is 0 Å². The van der Waals surface area contributed by atoms with Crippen LogP contribution in [0.1, 0.15) is 35.6 Å². The molecule has 1 aromatic carbocycles. The number of hydrogen-bond donors (Lipinski definition) is 1. The van der Waals surface area contributed by atoms with Crippen molar-refractivity contribution in [2.24, 2.45) is 0 Å². The molecular weight excluding hydrogens is 294 g/mol. The molecule has 1 N–H and O–H groups in total. The van der Waals surface area contributed by atoms with Gasteiger partial charge in [-0.2, -0.15) is 16.9 Å². The Morgan fingerprint density at radius 2 is 2.14 bits per heavy atom. The van der Waals surface area contributed by atoms with Crippen LogP contribution in [0.15, 0.2) is 30.3 Å². The summed E-state index contributed by atoms with van der Waals surface area (Å²) in [5.41, 5.74) is 3.62. The maximum atomic E-state index is 11.9. The van der Waals surface area contributed by atoms with Crippen molar-refractivity contribution in [1.29, 1.82) is 0 Å². The third kappa shape index (κ3) is 3.04. The van der Waals surface area contributed by atoms with Gasteiger partial charge in [0.05, 0.1) is 6.54 Å². The van der Waals surface area contributed by atoms with E-state index in [0.29, 0.717) is 12.3 Å². The highest BCUT2D eigenvalue weighted by Gasteiger charge is 2.30. The number of hydrogen-bond acceptors (Lipinski definition) is 3. The van der Waals surface area contributed by atoms with Gasteiger partial charge in [0.2, 0.25) is 5.91 Å². The lowest BCUT2D eigenvalue weighted by molar-refractivity contribution is -0.116. The number of benzene rings is 1. The van der Waals surface area contributed by atoms with Crippen molar-refractivity contribution >= 4 is 23.5 Å². The van der Waals surface area contributed by atoms with Gasteiger partial charge in [0.25, 0.3) is 0 Å². The molecule has 3 rings (SSSR count). The molecule has 1 amide bonds. The van der Waals surface area contributed by atoms with Gasteiger partial charge in [0, 0.05) is 17.7 Å². The Balaban J connectivity index is 1.90. The fourth-order valence-corrected chi connectivity index (χ4v) is 3.59. The van der Waals surface area contributed by atoms with Crippen LogP contribution in [0.4, 0.5) is 5.82 Å². The zero-order chi connectivity index (χ0) is 15.5. The molecule has 2 heterocycles. The van der Waals surface area contributed by atoms with E-state index >= 15 is 0 Å². The maximum Gasteiger partial charge on any atom is 0.226 e. The molecule has 0 saturated carbocycles. The molecule has 116 valence electrons. The van der Waals surface area contributed by atoms with Crippen LogP contribution < -0.4 is 5.32 Å². The second kappa shape index (κ2) is 6.57. The van der Waals surface area contributed by atoms with Crippen molar-refractivity contribution in [3.05, 3.63) is 47.2 Å². The molecule has 0 bridgehead atoms. The van der Waals surface area contributed by atoms with E-state index in [-0.39, 0.29) is 5.91 Å². The van der Waals surface area contributed by atoms with Gasteiger partial charge in [-0.15, -0.1) is 0 Å². The molecule has 4 nitrogen and oxygen atoms in total. The smallest absolute Gasteiger partial charge is 0.226 e. The van der Waals surface area contributed by atoms with Crippen molar-refractivity contribution in [2.75, 3.05) is 17.3 Å². The SMILES string of the molecule is CSCC[C@@H]1CC(=O)Nc2nn(Cc3ccccc3)c(C)c21. The van der Waals surface area contributed by atoms with Crippen LogP contribution in [0.2, 0.25) is 0 Å². The van der Waals surface area contributed by atoms with Gasteiger partial charge in [-0.3, -0.25) is 9.48 Å². The Kier molecular flexibility index (Phi) is 4.52. The van der Waals surface area contributed by atoms with Crippen molar-refractivity contribution in [1.82, 2.24) is 9.78 Å². The second-order valence-corrected chi connectivity index (χ2v) is 6.71. The molecule has 0 saturated heterocycles. The summed E-state index contributed by atoms with van der Waals surface area (Å²) >= 11 is 1.83. The van der Waals surface area contributed by atoms with Gasteiger partial charge in [-0.1, -0.05) is 30.3 Å². The first kappa shape index (κ1) is 15.2. The minimum atomic E-state index is 0.0861. The third-order valence-electron chi connectivity index (χ3n) is 4.20. The van der Waals surface area contributed by atoms with Crippen LogP contribution in [0, 0.1) is 6.92 Å². The van der Waals surface area contributed by atoms with E-state index < -0.39 is 0 Å². The molecular formula is C17H21N3OS. The normalized spacial score (nSPS) is 17.2. The van der Waals surface area contributed by atoms with E-state index in [1.165, 1.54) is 16.8 Å². The van der Waals surface area contributed by atoms with Gasteiger partial charge >= 0.3 is 0 Å². The number of carbonyl (C=O) groups excluding carboxylic acids is 1. The van der Waals surface area contributed by atoms with Gasteiger partial charge < -0.3 is 5.32 Å². The highest BCUT2D eigenvalue weighted by atomic mass is 32.2.